The molecule has 0 saturated carbocycles. The molecule has 3 rings (SSSR count). The van der Waals surface area contributed by atoms with Crippen molar-refractivity contribution in [1.82, 2.24) is 0 Å². The number of hydrogen-bond donors (Lipinski definition) is 1. The molecule has 1 N–H and O–H groups in total. The van der Waals surface area contributed by atoms with E-state index in [0.29, 0.717) is 23.5 Å². The van der Waals surface area contributed by atoms with Gasteiger partial charge in [-0.05, 0) is 125 Å². The minimum absolute atomic E-state index is 0.268. The predicted octanol–water partition coefficient (Wildman–Crippen LogP) is 10.4. The summed E-state index contributed by atoms with van der Waals surface area (Å²) in [5.74, 6) is 3.02. The van der Waals surface area contributed by atoms with Crippen LogP contribution in [-0.2, 0) is 9.47 Å². The Kier molecular flexibility index (Phi) is 12.9. The molecule has 0 saturated heterocycles. The second kappa shape index (κ2) is 16.0. The average Bonchev–Trinajstić information content (AvgIpc) is 2.94. The first-order valence-corrected chi connectivity index (χ1v) is 19.9. The van der Waals surface area contributed by atoms with Crippen molar-refractivity contribution in [2.75, 3.05) is 6.23 Å². The van der Waals surface area contributed by atoms with Crippen LogP contribution in [-0.4, -0.2) is 37.6 Å². The number of aromatic hydroxyl groups is 1. The smallest absolute Gasteiger partial charge is 0.197 e. The third-order valence-corrected chi connectivity index (χ3v) is 8.77. The van der Waals surface area contributed by atoms with Gasteiger partial charge in [-0.25, -0.2) is 0 Å². The Balaban J connectivity index is 1.77. The lowest BCUT2D eigenvalue weighted by molar-refractivity contribution is -0.140. The van der Waals surface area contributed by atoms with Crippen LogP contribution in [0.3, 0.4) is 0 Å². The Labute approximate surface area is 267 Å². The summed E-state index contributed by atoms with van der Waals surface area (Å²) in [4.78, 5) is 0. The highest BCUT2D eigenvalue weighted by molar-refractivity contribution is 6.76. The summed E-state index contributed by atoms with van der Waals surface area (Å²) in [6.45, 7) is 21.4. The molecule has 3 aromatic carbocycles. The van der Waals surface area contributed by atoms with Gasteiger partial charge in [-0.15, -0.1) is 0 Å². The molecule has 44 heavy (non-hydrogen) atoms. The second-order valence-electron chi connectivity index (χ2n) is 14.4. The minimum Gasteiger partial charge on any atom is -0.508 e. The Bertz CT molecular complexity index is 1240. The number of benzene rings is 3. The zero-order valence-corrected chi connectivity index (χ0v) is 29.7. The van der Waals surface area contributed by atoms with Crippen molar-refractivity contribution in [1.29, 1.82) is 0 Å². The van der Waals surface area contributed by atoms with E-state index in [9.17, 15) is 5.11 Å². The lowest BCUT2D eigenvalue weighted by atomic mass is 9.78. The molecule has 0 spiro atoms. The molecule has 0 aliphatic rings. The van der Waals surface area contributed by atoms with Gasteiger partial charge in [-0.3, -0.25) is 0 Å². The van der Waals surface area contributed by atoms with Gasteiger partial charge >= 0.3 is 0 Å². The van der Waals surface area contributed by atoms with Crippen LogP contribution in [0.15, 0.2) is 72.8 Å². The summed E-state index contributed by atoms with van der Waals surface area (Å²) < 4.78 is 24.0. The number of ether oxygens (including phenoxy) is 4. The van der Waals surface area contributed by atoms with Gasteiger partial charge in [0.25, 0.3) is 0 Å². The van der Waals surface area contributed by atoms with E-state index in [4.69, 9.17) is 18.9 Å². The average molecular weight is 621 g/mol. The van der Waals surface area contributed by atoms with E-state index in [-0.39, 0.29) is 18.2 Å². The summed E-state index contributed by atoms with van der Waals surface area (Å²) in [5, 5.41) is 9.82. The number of hydrogen-bond acceptors (Lipinski definition) is 5. The molecular weight excluding hydrogens is 564 g/mol. The number of phenolic OH excluding ortho intramolecular Hbond substituents is 1. The highest BCUT2D eigenvalue weighted by atomic mass is 28.3. The molecule has 5 unspecified atom stereocenters. The number of rotatable bonds is 16. The van der Waals surface area contributed by atoms with Crippen LogP contribution in [0.2, 0.25) is 19.6 Å². The fourth-order valence-corrected chi connectivity index (χ4v) is 6.29. The van der Waals surface area contributed by atoms with Crippen LogP contribution < -0.4 is 9.47 Å². The molecule has 0 aromatic heterocycles. The first-order valence-electron chi connectivity index (χ1n) is 16.2. The van der Waals surface area contributed by atoms with E-state index in [1.54, 1.807) is 12.1 Å². The normalized spacial score (nSPS) is 15.7. The van der Waals surface area contributed by atoms with Gasteiger partial charge in [0.05, 0.1) is 13.7 Å². The van der Waals surface area contributed by atoms with Crippen molar-refractivity contribution in [2.45, 2.75) is 123 Å². The maximum atomic E-state index is 9.82. The van der Waals surface area contributed by atoms with E-state index >= 15 is 0 Å². The SMILES string of the molecule is CCC(CC(CC(C)c1ccc(O)cc1)c1ccc(OC(C)OC(C)(C)C)cc1)c1ccc(OC(C)OC[Si](C)(C)C)cc1. The van der Waals surface area contributed by atoms with Crippen molar-refractivity contribution in [3.8, 4) is 17.2 Å². The standard InChI is InChI=1S/C38H56O5Si/c1-11-30(32-14-20-36(21-15-32)41-28(3)40-26-44(8,9)10)25-34(24-27(2)31-12-18-35(39)19-13-31)33-16-22-37(23-17-33)42-29(4)43-38(5,6)7/h12-23,27-30,34,39H,11,24-26H2,1-10H3. The van der Waals surface area contributed by atoms with E-state index in [0.717, 1.165) is 37.0 Å². The molecule has 0 aliphatic heterocycles. The molecule has 242 valence electrons. The maximum absolute atomic E-state index is 9.82. The molecule has 5 atom stereocenters. The van der Waals surface area contributed by atoms with Crippen LogP contribution in [0.4, 0.5) is 0 Å². The fourth-order valence-electron chi connectivity index (χ4n) is 5.56. The van der Waals surface area contributed by atoms with E-state index < -0.39 is 8.07 Å². The van der Waals surface area contributed by atoms with Crippen molar-refractivity contribution < 1.29 is 24.1 Å². The quantitative estimate of drug-likeness (QED) is 0.128. The lowest BCUT2D eigenvalue weighted by Crippen LogP contribution is -2.32. The highest BCUT2D eigenvalue weighted by Crippen LogP contribution is 2.39. The molecular formula is C38H56O5Si. The summed E-state index contributed by atoms with van der Waals surface area (Å²) in [5.41, 5.74) is 3.60. The van der Waals surface area contributed by atoms with E-state index in [1.165, 1.54) is 16.7 Å². The Hall–Kier alpha value is -2.80. The largest absolute Gasteiger partial charge is 0.508 e. The molecule has 6 heteroatoms. The van der Waals surface area contributed by atoms with Crippen molar-refractivity contribution in [2.24, 2.45) is 0 Å². The minimum atomic E-state index is -1.29. The third-order valence-electron chi connectivity index (χ3n) is 7.74. The lowest BCUT2D eigenvalue weighted by Gasteiger charge is -2.27. The Morgan fingerprint density at radius 1 is 0.659 bits per heavy atom. The van der Waals surface area contributed by atoms with Gasteiger partial charge in [0, 0.05) is 6.23 Å². The Morgan fingerprint density at radius 3 is 1.61 bits per heavy atom. The van der Waals surface area contributed by atoms with Crippen molar-refractivity contribution in [3.63, 3.8) is 0 Å². The summed E-state index contributed by atoms with van der Waals surface area (Å²) in [7, 11) is -1.29. The van der Waals surface area contributed by atoms with Crippen LogP contribution in [0.25, 0.3) is 0 Å². The number of phenols is 1. The zero-order valence-electron chi connectivity index (χ0n) is 28.7. The molecule has 0 bridgehead atoms. The third kappa shape index (κ3) is 12.3. The molecule has 0 radical (unpaired) electrons. The molecule has 0 amide bonds. The first kappa shape index (κ1) is 35.7. The Morgan fingerprint density at radius 2 is 1.14 bits per heavy atom. The van der Waals surface area contributed by atoms with Gasteiger partial charge < -0.3 is 24.1 Å². The van der Waals surface area contributed by atoms with E-state index in [2.05, 4.69) is 82.0 Å². The van der Waals surface area contributed by atoms with Crippen LogP contribution in [0.1, 0.15) is 102 Å². The van der Waals surface area contributed by atoms with Gasteiger partial charge in [-0.2, -0.15) is 0 Å². The van der Waals surface area contributed by atoms with E-state index in [1.807, 2.05) is 46.8 Å². The fraction of sp³-hybridized carbons (Fsp3) is 0.526. The van der Waals surface area contributed by atoms with Gasteiger partial charge in [-0.1, -0.05) is 69.9 Å². The maximum Gasteiger partial charge on any atom is 0.197 e. The summed E-state index contributed by atoms with van der Waals surface area (Å²) >= 11 is 0. The van der Waals surface area contributed by atoms with Gasteiger partial charge in [0.1, 0.15) is 17.2 Å². The molecule has 0 heterocycles. The predicted molar refractivity (Wildman–Crippen MR) is 185 cm³/mol. The van der Waals surface area contributed by atoms with Crippen LogP contribution in [0, 0.1) is 0 Å². The molecule has 5 nitrogen and oxygen atoms in total. The van der Waals surface area contributed by atoms with Crippen LogP contribution >= 0.6 is 0 Å². The second-order valence-corrected chi connectivity index (χ2v) is 19.8. The summed E-state index contributed by atoms with van der Waals surface area (Å²) in [6.07, 6.45) is 3.25. The highest BCUT2D eigenvalue weighted by Gasteiger charge is 2.23. The van der Waals surface area contributed by atoms with Crippen LogP contribution in [0.5, 0.6) is 17.2 Å². The molecule has 3 aromatic rings. The molecule has 0 fully saturated rings. The zero-order chi connectivity index (χ0) is 32.5. The summed E-state index contributed by atoms with van der Waals surface area (Å²) in [6, 6.07) is 24.8. The molecule has 0 aliphatic carbocycles. The van der Waals surface area contributed by atoms with Crippen molar-refractivity contribution >= 4 is 8.07 Å². The topological polar surface area (TPSA) is 57.2 Å². The monoisotopic (exact) mass is 620 g/mol. The van der Waals surface area contributed by atoms with Crippen molar-refractivity contribution in [3.05, 3.63) is 89.5 Å². The van der Waals surface area contributed by atoms with Gasteiger partial charge in [0.15, 0.2) is 12.6 Å². The van der Waals surface area contributed by atoms with Gasteiger partial charge in [0.2, 0.25) is 0 Å². The first-order chi connectivity index (χ1) is 20.6.